The van der Waals surface area contributed by atoms with Crippen LogP contribution in [0.15, 0.2) is 54.7 Å². The van der Waals surface area contributed by atoms with Crippen LogP contribution in [0.25, 0.3) is 5.69 Å². The van der Waals surface area contributed by atoms with Gasteiger partial charge in [-0.1, -0.05) is 47.5 Å². The van der Waals surface area contributed by atoms with Gasteiger partial charge in [0.15, 0.2) is 0 Å². The van der Waals surface area contributed by atoms with Gasteiger partial charge in [0.05, 0.1) is 11.9 Å². The quantitative estimate of drug-likeness (QED) is 0.757. The maximum Gasteiger partial charge on any atom is 0.226 e. The summed E-state index contributed by atoms with van der Waals surface area (Å²) < 4.78 is 1.74. The van der Waals surface area contributed by atoms with Gasteiger partial charge in [0, 0.05) is 22.9 Å². The zero-order valence-corrected chi connectivity index (χ0v) is 13.9. The first-order valence-corrected chi connectivity index (χ1v) is 8.20. The van der Waals surface area contributed by atoms with Crippen LogP contribution in [0.3, 0.4) is 0 Å². The average Bonchev–Trinajstić information content (AvgIpc) is 2.98. The lowest BCUT2D eigenvalue weighted by Gasteiger charge is -2.24. The second kappa shape index (κ2) is 5.80. The van der Waals surface area contributed by atoms with Gasteiger partial charge in [-0.15, -0.1) is 0 Å². The molecule has 0 saturated carbocycles. The molecule has 1 atom stereocenters. The molecule has 120 valence electrons. The highest BCUT2D eigenvalue weighted by atomic mass is 35.5. The highest BCUT2D eigenvalue weighted by Gasteiger charge is 2.30. The van der Waals surface area contributed by atoms with Crippen LogP contribution in [0.4, 0.5) is 5.82 Å². The number of nitrogens with zero attached hydrogens (tertiary/aromatic N) is 2. The molecule has 0 aliphatic carbocycles. The fourth-order valence-electron chi connectivity index (χ4n) is 3.12. The van der Waals surface area contributed by atoms with Crippen molar-refractivity contribution in [2.24, 2.45) is 0 Å². The largest absolute Gasteiger partial charge is 0.310 e. The Kier molecular flexibility index (Phi) is 3.62. The van der Waals surface area contributed by atoms with Crippen LogP contribution in [0.1, 0.15) is 29.0 Å². The molecule has 0 bridgehead atoms. The minimum absolute atomic E-state index is 0.00291. The van der Waals surface area contributed by atoms with Gasteiger partial charge in [-0.05, 0) is 30.7 Å². The molecule has 1 amide bonds. The third-order valence-corrected chi connectivity index (χ3v) is 4.59. The van der Waals surface area contributed by atoms with Crippen molar-refractivity contribution in [3.8, 4) is 5.69 Å². The number of rotatable bonds is 2. The molecule has 24 heavy (non-hydrogen) atoms. The molecule has 1 aromatic heterocycles. The van der Waals surface area contributed by atoms with Crippen LogP contribution in [0, 0.1) is 6.92 Å². The highest BCUT2D eigenvalue weighted by molar-refractivity contribution is 6.30. The topological polar surface area (TPSA) is 46.9 Å². The van der Waals surface area contributed by atoms with Gasteiger partial charge in [0.2, 0.25) is 5.91 Å². The van der Waals surface area contributed by atoms with Crippen LogP contribution in [-0.2, 0) is 4.79 Å². The fourth-order valence-corrected chi connectivity index (χ4v) is 3.30. The van der Waals surface area contributed by atoms with Gasteiger partial charge in [0.1, 0.15) is 5.82 Å². The van der Waals surface area contributed by atoms with E-state index in [0.717, 1.165) is 22.6 Å². The summed E-state index contributed by atoms with van der Waals surface area (Å²) in [5.41, 5.74) is 4.18. The molecule has 1 unspecified atom stereocenters. The Bertz CT molecular complexity index is 915. The second-order valence-corrected chi connectivity index (χ2v) is 6.49. The number of carbonyl (C=O) groups is 1. The number of nitrogens with one attached hydrogen (secondary N) is 1. The van der Waals surface area contributed by atoms with E-state index in [-0.39, 0.29) is 11.8 Å². The summed E-state index contributed by atoms with van der Waals surface area (Å²) >= 11 is 6.08. The van der Waals surface area contributed by atoms with E-state index in [1.54, 1.807) is 4.68 Å². The van der Waals surface area contributed by atoms with Gasteiger partial charge < -0.3 is 5.32 Å². The van der Waals surface area contributed by atoms with Crippen molar-refractivity contribution < 1.29 is 4.79 Å². The van der Waals surface area contributed by atoms with Gasteiger partial charge in [-0.3, -0.25) is 4.79 Å². The van der Waals surface area contributed by atoms with Crippen molar-refractivity contribution in [1.82, 2.24) is 9.78 Å². The number of benzene rings is 2. The maximum atomic E-state index is 12.2. The third kappa shape index (κ3) is 2.59. The van der Waals surface area contributed by atoms with E-state index in [1.165, 1.54) is 5.56 Å². The van der Waals surface area contributed by atoms with E-state index in [0.29, 0.717) is 11.4 Å². The number of anilines is 1. The lowest BCUT2D eigenvalue weighted by atomic mass is 9.87. The van der Waals surface area contributed by atoms with Crippen LogP contribution in [-0.4, -0.2) is 15.7 Å². The number of hydrogen-bond donors (Lipinski definition) is 1. The Balaban J connectivity index is 1.81. The van der Waals surface area contributed by atoms with Crippen LogP contribution in [0.5, 0.6) is 0 Å². The van der Waals surface area contributed by atoms with Crippen molar-refractivity contribution in [2.45, 2.75) is 19.3 Å². The number of halogens is 1. The summed E-state index contributed by atoms with van der Waals surface area (Å²) in [6, 6.07) is 15.7. The van der Waals surface area contributed by atoms with E-state index in [2.05, 4.69) is 41.6 Å². The number of carbonyl (C=O) groups excluding carboxylic acids is 1. The van der Waals surface area contributed by atoms with Crippen molar-refractivity contribution >= 4 is 23.3 Å². The number of amides is 1. The van der Waals surface area contributed by atoms with Gasteiger partial charge >= 0.3 is 0 Å². The minimum Gasteiger partial charge on any atom is -0.310 e. The molecular weight excluding hydrogens is 322 g/mol. The van der Waals surface area contributed by atoms with Gasteiger partial charge in [-0.2, -0.15) is 5.10 Å². The van der Waals surface area contributed by atoms with Gasteiger partial charge in [0.25, 0.3) is 0 Å². The minimum atomic E-state index is -0.00291. The summed E-state index contributed by atoms with van der Waals surface area (Å²) in [4.78, 5) is 12.2. The number of fused-ring (bicyclic) bond motifs is 1. The lowest BCUT2D eigenvalue weighted by Crippen LogP contribution is -2.24. The van der Waals surface area contributed by atoms with Crippen LogP contribution >= 0.6 is 11.6 Å². The first kappa shape index (κ1) is 15.0. The Morgan fingerprint density at radius 2 is 2.00 bits per heavy atom. The van der Waals surface area contributed by atoms with Crippen molar-refractivity contribution in [2.75, 3.05) is 5.32 Å². The second-order valence-electron chi connectivity index (χ2n) is 6.06. The zero-order chi connectivity index (χ0) is 16.7. The molecule has 0 saturated heterocycles. The molecule has 0 spiro atoms. The zero-order valence-electron chi connectivity index (χ0n) is 13.2. The Morgan fingerprint density at radius 1 is 1.21 bits per heavy atom. The molecular formula is C19H16ClN3O. The van der Waals surface area contributed by atoms with E-state index < -0.39 is 0 Å². The first-order valence-electron chi connectivity index (χ1n) is 7.82. The van der Waals surface area contributed by atoms with Crippen LogP contribution < -0.4 is 5.32 Å². The van der Waals surface area contributed by atoms with E-state index >= 15 is 0 Å². The molecule has 5 heteroatoms. The number of aryl methyl sites for hydroxylation is 1. The monoisotopic (exact) mass is 337 g/mol. The predicted octanol–water partition coefficient (Wildman–Crippen LogP) is 4.31. The SMILES string of the molecule is Cc1ccc(C2CC(=O)Nc3c2cnn3-c2cccc(Cl)c2)cc1. The molecule has 3 aromatic rings. The highest BCUT2D eigenvalue weighted by Crippen LogP contribution is 2.38. The van der Waals surface area contributed by atoms with E-state index in [1.807, 2.05) is 30.5 Å². The Labute approximate surface area is 145 Å². The van der Waals surface area contributed by atoms with Crippen molar-refractivity contribution in [3.63, 3.8) is 0 Å². The van der Waals surface area contributed by atoms with Gasteiger partial charge in [-0.25, -0.2) is 4.68 Å². The summed E-state index contributed by atoms with van der Waals surface area (Å²) in [5.74, 6) is 0.734. The normalized spacial score (nSPS) is 16.6. The van der Waals surface area contributed by atoms with Crippen LogP contribution in [0.2, 0.25) is 5.02 Å². The van der Waals surface area contributed by atoms with Crippen molar-refractivity contribution in [1.29, 1.82) is 0 Å². The summed E-state index contributed by atoms with van der Waals surface area (Å²) in [7, 11) is 0. The molecule has 1 aliphatic heterocycles. The molecule has 0 radical (unpaired) electrons. The predicted molar refractivity (Wildman–Crippen MR) is 94.8 cm³/mol. The number of aromatic nitrogens is 2. The molecule has 4 nitrogen and oxygen atoms in total. The molecule has 0 fully saturated rings. The lowest BCUT2D eigenvalue weighted by molar-refractivity contribution is -0.116. The molecule has 1 N–H and O–H groups in total. The standard InChI is InChI=1S/C19H16ClN3O/c1-12-5-7-13(8-6-12)16-10-18(24)22-19-17(16)11-21-23(19)15-4-2-3-14(20)9-15/h2-9,11,16H,10H2,1H3,(H,22,24). The summed E-state index contributed by atoms with van der Waals surface area (Å²) in [6.45, 7) is 2.06. The molecule has 1 aliphatic rings. The molecule has 2 aromatic carbocycles. The smallest absolute Gasteiger partial charge is 0.226 e. The van der Waals surface area contributed by atoms with Crippen molar-refractivity contribution in [3.05, 3.63) is 76.4 Å². The first-order chi connectivity index (χ1) is 11.6. The average molecular weight is 338 g/mol. The summed E-state index contributed by atoms with van der Waals surface area (Å²) in [6.07, 6.45) is 2.26. The third-order valence-electron chi connectivity index (χ3n) is 4.35. The number of hydrogen-bond acceptors (Lipinski definition) is 2. The van der Waals surface area contributed by atoms with E-state index in [4.69, 9.17) is 11.6 Å². The molecule has 4 rings (SSSR count). The van der Waals surface area contributed by atoms with E-state index in [9.17, 15) is 4.79 Å². The Morgan fingerprint density at radius 3 is 2.75 bits per heavy atom. The molecule has 2 heterocycles. The fraction of sp³-hybridized carbons (Fsp3) is 0.158. The summed E-state index contributed by atoms with van der Waals surface area (Å²) in [5, 5.41) is 8.07. The Hall–Kier alpha value is -2.59. The maximum absolute atomic E-state index is 12.2.